The van der Waals surface area contributed by atoms with E-state index in [9.17, 15) is 0 Å². The summed E-state index contributed by atoms with van der Waals surface area (Å²) in [6.45, 7) is 6.47. The summed E-state index contributed by atoms with van der Waals surface area (Å²) in [5, 5.41) is 3.44. The van der Waals surface area contributed by atoms with Crippen molar-refractivity contribution in [1.82, 2.24) is 5.32 Å². The standard InChI is InChI=1S/C10H17NO/c1-4-8(2)11-9(3)10-6-5-7-12-10/h5-9,11H,4H2,1-3H3/t8?,9-/m1/s1. The van der Waals surface area contributed by atoms with Gasteiger partial charge in [-0.05, 0) is 32.4 Å². The Bertz CT molecular complexity index is 206. The zero-order chi connectivity index (χ0) is 8.97. The Morgan fingerprint density at radius 1 is 1.50 bits per heavy atom. The number of hydrogen-bond acceptors (Lipinski definition) is 2. The predicted molar refractivity (Wildman–Crippen MR) is 50.0 cm³/mol. The van der Waals surface area contributed by atoms with Crippen LogP contribution in [0.3, 0.4) is 0 Å². The molecule has 12 heavy (non-hydrogen) atoms. The molecule has 0 fully saturated rings. The Hall–Kier alpha value is -0.760. The quantitative estimate of drug-likeness (QED) is 0.746. The van der Waals surface area contributed by atoms with Crippen molar-refractivity contribution in [2.75, 3.05) is 0 Å². The van der Waals surface area contributed by atoms with Gasteiger partial charge in [-0.2, -0.15) is 0 Å². The molecule has 0 aromatic carbocycles. The van der Waals surface area contributed by atoms with Crippen molar-refractivity contribution in [2.45, 2.75) is 39.3 Å². The summed E-state index contributed by atoms with van der Waals surface area (Å²) in [6, 6.07) is 4.78. The molecule has 1 aromatic rings. The van der Waals surface area contributed by atoms with Crippen LogP contribution >= 0.6 is 0 Å². The van der Waals surface area contributed by atoms with Gasteiger partial charge in [-0.3, -0.25) is 0 Å². The van der Waals surface area contributed by atoms with Gasteiger partial charge >= 0.3 is 0 Å². The van der Waals surface area contributed by atoms with Crippen LogP contribution in [0.5, 0.6) is 0 Å². The largest absolute Gasteiger partial charge is 0.468 e. The first-order valence-corrected chi connectivity index (χ1v) is 4.53. The van der Waals surface area contributed by atoms with Gasteiger partial charge < -0.3 is 9.73 Å². The molecule has 2 heteroatoms. The normalized spacial score (nSPS) is 15.9. The van der Waals surface area contributed by atoms with E-state index in [0.717, 1.165) is 12.2 Å². The van der Waals surface area contributed by atoms with Gasteiger partial charge in [0, 0.05) is 6.04 Å². The molecule has 0 saturated heterocycles. The monoisotopic (exact) mass is 167 g/mol. The van der Waals surface area contributed by atoms with Crippen LogP contribution in [-0.2, 0) is 0 Å². The molecular weight excluding hydrogens is 150 g/mol. The van der Waals surface area contributed by atoms with E-state index in [4.69, 9.17) is 4.42 Å². The fraction of sp³-hybridized carbons (Fsp3) is 0.600. The molecule has 0 saturated carbocycles. The van der Waals surface area contributed by atoms with Crippen molar-refractivity contribution in [2.24, 2.45) is 0 Å². The van der Waals surface area contributed by atoms with E-state index in [0.29, 0.717) is 12.1 Å². The first-order chi connectivity index (χ1) is 5.74. The third kappa shape index (κ3) is 2.38. The first-order valence-electron chi connectivity index (χ1n) is 4.53. The highest BCUT2D eigenvalue weighted by Crippen LogP contribution is 2.13. The lowest BCUT2D eigenvalue weighted by molar-refractivity contribution is 0.394. The van der Waals surface area contributed by atoms with Crippen LogP contribution in [0.1, 0.15) is 39.0 Å². The highest BCUT2D eigenvalue weighted by Gasteiger charge is 2.09. The molecule has 0 aliphatic carbocycles. The highest BCUT2D eigenvalue weighted by molar-refractivity contribution is 5.03. The van der Waals surface area contributed by atoms with Gasteiger partial charge in [0.2, 0.25) is 0 Å². The second kappa shape index (κ2) is 4.31. The summed E-state index contributed by atoms with van der Waals surface area (Å²) < 4.78 is 5.28. The van der Waals surface area contributed by atoms with Crippen LogP contribution in [-0.4, -0.2) is 6.04 Å². The Morgan fingerprint density at radius 2 is 2.25 bits per heavy atom. The van der Waals surface area contributed by atoms with Crippen LogP contribution in [0.4, 0.5) is 0 Å². The van der Waals surface area contributed by atoms with E-state index in [1.807, 2.05) is 12.1 Å². The van der Waals surface area contributed by atoms with Gasteiger partial charge in [0.05, 0.1) is 12.3 Å². The molecule has 0 bridgehead atoms. The molecule has 0 spiro atoms. The van der Waals surface area contributed by atoms with Crippen LogP contribution in [0, 0.1) is 0 Å². The molecule has 2 atom stereocenters. The Kier molecular flexibility index (Phi) is 3.35. The predicted octanol–water partition coefficient (Wildman–Crippen LogP) is 2.73. The van der Waals surface area contributed by atoms with Crippen LogP contribution in [0.2, 0.25) is 0 Å². The van der Waals surface area contributed by atoms with Crippen molar-refractivity contribution in [3.05, 3.63) is 24.2 Å². The van der Waals surface area contributed by atoms with Gasteiger partial charge in [-0.1, -0.05) is 6.92 Å². The molecule has 0 aliphatic rings. The van der Waals surface area contributed by atoms with Gasteiger partial charge in [-0.15, -0.1) is 0 Å². The van der Waals surface area contributed by atoms with Gasteiger partial charge in [-0.25, -0.2) is 0 Å². The topological polar surface area (TPSA) is 25.2 Å². The maximum Gasteiger partial charge on any atom is 0.120 e. The van der Waals surface area contributed by atoms with Gasteiger partial charge in [0.1, 0.15) is 5.76 Å². The lowest BCUT2D eigenvalue weighted by Crippen LogP contribution is -2.27. The summed E-state index contributed by atoms with van der Waals surface area (Å²) in [4.78, 5) is 0. The van der Waals surface area contributed by atoms with Crippen LogP contribution in [0.25, 0.3) is 0 Å². The minimum atomic E-state index is 0.315. The maximum atomic E-state index is 5.28. The summed E-state index contributed by atoms with van der Waals surface area (Å²) in [5.41, 5.74) is 0. The number of nitrogens with one attached hydrogen (secondary N) is 1. The second-order valence-corrected chi connectivity index (χ2v) is 3.21. The fourth-order valence-electron chi connectivity index (χ4n) is 1.16. The number of furan rings is 1. The minimum absolute atomic E-state index is 0.315. The summed E-state index contributed by atoms with van der Waals surface area (Å²) in [7, 11) is 0. The van der Waals surface area contributed by atoms with E-state index in [1.54, 1.807) is 6.26 Å². The minimum Gasteiger partial charge on any atom is -0.468 e. The molecule has 1 unspecified atom stereocenters. The Balaban J connectivity index is 2.44. The van der Waals surface area contributed by atoms with E-state index in [2.05, 4.69) is 26.1 Å². The van der Waals surface area contributed by atoms with E-state index in [-0.39, 0.29) is 0 Å². The average Bonchev–Trinajstić information content (AvgIpc) is 2.56. The molecule has 0 radical (unpaired) electrons. The molecule has 1 N–H and O–H groups in total. The summed E-state index contributed by atoms with van der Waals surface area (Å²) in [6.07, 6.45) is 2.86. The SMILES string of the molecule is CCC(C)N[C@H](C)c1ccco1. The van der Waals surface area contributed by atoms with Crippen molar-refractivity contribution < 1.29 is 4.42 Å². The zero-order valence-electron chi connectivity index (χ0n) is 8.00. The lowest BCUT2D eigenvalue weighted by atomic mass is 10.2. The van der Waals surface area contributed by atoms with Crippen molar-refractivity contribution in [1.29, 1.82) is 0 Å². The lowest BCUT2D eigenvalue weighted by Gasteiger charge is -2.16. The first kappa shape index (κ1) is 9.33. The van der Waals surface area contributed by atoms with E-state index >= 15 is 0 Å². The third-order valence-corrected chi connectivity index (χ3v) is 2.12. The van der Waals surface area contributed by atoms with Gasteiger partial charge in [0.15, 0.2) is 0 Å². The second-order valence-electron chi connectivity index (χ2n) is 3.21. The Labute approximate surface area is 74.0 Å². The average molecular weight is 167 g/mol. The molecule has 68 valence electrons. The maximum absolute atomic E-state index is 5.28. The van der Waals surface area contributed by atoms with Crippen molar-refractivity contribution in [3.8, 4) is 0 Å². The molecule has 1 rings (SSSR count). The molecular formula is C10H17NO. The highest BCUT2D eigenvalue weighted by atomic mass is 16.3. The number of rotatable bonds is 4. The van der Waals surface area contributed by atoms with E-state index in [1.165, 1.54) is 0 Å². The van der Waals surface area contributed by atoms with Crippen LogP contribution < -0.4 is 5.32 Å². The van der Waals surface area contributed by atoms with Gasteiger partial charge in [0.25, 0.3) is 0 Å². The summed E-state index contributed by atoms with van der Waals surface area (Å²) in [5.74, 6) is 1.01. The zero-order valence-corrected chi connectivity index (χ0v) is 8.00. The molecule has 0 amide bonds. The smallest absolute Gasteiger partial charge is 0.120 e. The Morgan fingerprint density at radius 3 is 2.75 bits per heavy atom. The molecule has 1 heterocycles. The van der Waals surface area contributed by atoms with Crippen molar-refractivity contribution in [3.63, 3.8) is 0 Å². The molecule has 2 nitrogen and oxygen atoms in total. The van der Waals surface area contributed by atoms with Crippen LogP contribution in [0.15, 0.2) is 22.8 Å². The third-order valence-electron chi connectivity index (χ3n) is 2.12. The van der Waals surface area contributed by atoms with E-state index < -0.39 is 0 Å². The summed E-state index contributed by atoms with van der Waals surface area (Å²) >= 11 is 0. The number of hydrogen-bond donors (Lipinski definition) is 1. The molecule has 1 aromatic heterocycles. The molecule has 0 aliphatic heterocycles. The van der Waals surface area contributed by atoms with Crippen molar-refractivity contribution >= 4 is 0 Å². The fourth-order valence-corrected chi connectivity index (χ4v) is 1.16.